The van der Waals surface area contributed by atoms with Crippen molar-refractivity contribution in [3.63, 3.8) is 0 Å². The summed E-state index contributed by atoms with van der Waals surface area (Å²) < 4.78 is 13.2. The van der Waals surface area contributed by atoms with E-state index in [1.165, 1.54) is 18.2 Å². The lowest BCUT2D eigenvalue weighted by molar-refractivity contribution is -0.129. The monoisotopic (exact) mass is 324 g/mol. The summed E-state index contributed by atoms with van der Waals surface area (Å²) in [6.45, 7) is 0.445. The minimum absolute atomic E-state index is 0.00841. The third-order valence-electron chi connectivity index (χ3n) is 4.57. The number of fused-ring (bicyclic) bond motifs is 1. The minimum atomic E-state index is -0.518. The first kappa shape index (κ1) is 15.3. The second kappa shape index (κ2) is 6.24. The van der Waals surface area contributed by atoms with Crippen LogP contribution >= 0.6 is 11.6 Å². The van der Waals surface area contributed by atoms with E-state index in [2.05, 4.69) is 5.32 Å². The fourth-order valence-electron chi connectivity index (χ4n) is 3.46. The standard InChI is InChI=1S/C16H18ClFN2O2/c17-12-9-10(5-6-13(12)18)19-16(22)20-8-7-15(21)11-3-1-2-4-14(11)20/h5-6,9,11,14H,1-4,7-8H2,(H,19,22)/t11-,14+/m0/s1. The summed E-state index contributed by atoms with van der Waals surface area (Å²) in [5.74, 6) is -0.265. The third-order valence-corrected chi connectivity index (χ3v) is 4.86. The molecular weight excluding hydrogens is 307 g/mol. The Morgan fingerprint density at radius 1 is 1.32 bits per heavy atom. The second-order valence-electron chi connectivity index (χ2n) is 5.93. The number of carbonyl (C=O) groups is 2. The Hall–Kier alpha value is -1.62. The van der Waals surface area contributed by atoms with Gasteiger partial charge in [0.1, 0.15) is 11.6 Å². The van der Waals surface area contributed by atoms with Crippen molar-refractivity contribution >= 4 is 29.1 Å². The average molecular weight is 325 g/mol. The highest BCUT2D eigenvalue weighted by Crippen LogP contribution is 2.33. The van der Waals surface area contributed by atoms with Gasteiger partial charge in [0, 0.05) is 30.6 Å². The van der Waals surface area contributed by atoms with E-state index in [0.29, 0.717) is 18.7 Å². The molecule has 1 aromatic rings. The van der Waals surface area contributed by atoms with E-state index in [-0.39, 0.29) is 28.8 Å². The molecule has 1 saturated heterocycles. The van der Waals surface area contributed by atoms with Crippen LogP contribution in [0.3, 0.4) is 0 Å². The summed E-state index contributed by atoms with van der Waals surface area (Å²) >= 11 is 5.73. The molecule has 22 heavy (non-hydrogen) atoms. The molecule has 2 amide bonds. The fourth-order valence-corrected chi connectivity index (χ4v) is 3.64. The number of hydrogen-bond donors (Lipinski definition) is 1. The Morgan fingerprint density at radius 2 is 2.09 bits per heavy atom. The van der Waals surface area contributed by atoms with Gasteiger partial charge < -0.3 is 10.2 Å². The number of urea groups is 1. The van der Waals surface area contributed by atoms with Crippen LogP contribution in [0, 0.1) is 11.7 Å². The van der Waals surface area contributed by atoms with Crippen molar-refractivity contribution < 1.29 is 14.0 Å². The van der Waals surface area contributed by atoms with Crippen LogP contribution in [0.4, 0.5) is 14.9 Å². The summed E-state index contributed by atoms with van der Waals surface area (Å²) in [6.07, 6.45) is 4.25. The van der Waals surface area contributed by atoms with Gasteiger partial charge in [0.15, 0.2) is 0 Å². The van der Waals surface area contributed by atoms with Crippen molar-refractivity contribution in [2.24, 2.45) is 5.92 Å². The highest BCUT2D eigenvalue weighted by atomic mass is 35.5. The van der Waals surface area contributed by atoms with Crippen molar-refractivity contribution in [3.8, 4) is 0 Å². The molecule has 6 heteroatoms. The summed E-state index contributed by atoms with van der Waals surface area (Å²) in [5, 5.41) is 2.73. The lowest BCUT2D eigenvalue weighted by Crippen LogP contribution is -2.54. The highest BCUT2D eigenvalue weighted by Gasteiger charge is 2.40. The predicted octanol–water partition coefficient (Wildman–Crippen LogP) is 3.84. The second-order valence-corrected chi connectivity index (χ2v) is 6.33. The SMILES string of the molecule is O=C1CCN(C(=O)Nc2ccc(F)c(Cl)c2)[C@@H]2CCCC[C@H]12. The maximum atomic E-state index is 13.2. The number of nitrogens with one attached hydrogen (secondary N) is 1. The molecule has 1 saturated carbocycles. The van der Waals surface area contributed by atoms with E-state index in [9.17, 15) is 14.0 Å². The lowest BCUT2D eigenvalue weighted by Gasteiger charge is -2.42. The number of carbonyl (C=O) groups excluding carboxylic acids is 2. The van der Waals surface area contributed by atoms with Crippen LogP contribution in [-0.2, 0) is 4.79 Å². The van der Waals surface area contributed by atoms with Crippen molar-refractivity contribution in [2.45, 2.75) is 38.1 Å². The number of likely N-dealkylation sites (tertiary alicyclic amines) is 1. The largest absolute Gasteiger partial charge is 0.322 e. The van der Waals surface area contributed by atoms with Gasteiger partial charge in [-0.15, -0.1) is 0 Å². The molecule has 0 aromatic heterocycles. The zero-order valence-corrected chi connectivity index (χ0v) is 12.9. The van der Waals surface area contributed by atoms with E-state index in [0.717, 1.165) is 25.7 Å². The number of nitrogens with zero attached hydrogens (tertiary/aromatic N) is 1. The summed E-state index contributed by atoms with van der Waals surface area (Å²) in [4.78, 5) is 26.3. The van der Waals surface area contributed by atoms with Crippen LogP contribution in [0.15, 0.2) is 18.2 Å². The molecule has 3 rings (SSSR count). The number of hydrogen-bond acceptors (Lipinski definition) is 2. The molecule has 1 heterocycles. The molecule has 4 nitrogen and oxygen atoms in total. The van der Waals surface area contributed by atoms with Crippen LogP contribution in [0.1, 0.15) is 32.1 Å². The summed E-state index contributed by atoms with van der Waals surface area (Å²) in [6, 6.07) is 3.84. The maximum Gasteiger partial charge on any atom is 0.322 e. The zero-order valence-electron chi connectivity index (χ0n) is 12.1. The summed E-state index contributed by atoms with van der Waals surface area (Å²) in [5.41, 5.74) is 0.459. The van der Waals surface area contributed by atoms with Gasteiger partial charge in [0.05, 0.1) is 5.02 Å². The van der Waals surface area contributed by atoms with Crippen molar-refractivity contribution in [2.75, 3.05) is 11.9 Å². The van der Waals surface area contributed by atoms with Gasteiger partial charge in [-0.2, -0.15) is 0 Å². The number of halogens is 2. The van der Waals surface area contributed by atoms with Gasteiger partial charge in [-0.25, -0.2) is 9.18 Å². The van der Waals surface area contributed by atoms with E-state index in [1.54, 1.807) is 4.90 Å². The first-order valence-corrected chi connectivity index (χ1v) is 7.99. The molecule has 1 N–H and O–H groups in total. The Bertz CT molecular complexity index is 608. The topological polar surface area (TPSA) is 49.4 Å². The predicted molar refractivity (Wildman–Crippen MR) is 82.5 cm³/mol. The van der Waals surface area contributed by atoms with Gasteiger partial charge in [-0.1, -0.05) is 24.4 Å². The molecule has 1 aromatic carbocycles. The first-order valence-electron chi connectivity index (χ1n) is 7.61. The van der Waals surface area contributed by atoms with Gasteiger partial charge in [0.2, 0.25) is 0 Å². The molecule has 0 radical (unpaired) electrons. The van der Waals surface area contributed by atoms with Crippen LogP contribution in [0.25, 0.3) is 0 Å². The van der Waals surface area contributed by atoms with Crippen LogP contribution in [0.5, 0.6) is 0 Å². The Labute approximate surface area is 133 Å². The zero-order chi connectivity index (χ0) is 15.7. The van der Waals surface area contributed by atoms with Crippen molar-refractivity contribution in [3.05, 3.63) is 29.0 Å². The van der Waals surface area contributed by atoms with Gasteiger partial charge in [0.25, 0.3) is 0 Å². The van der Waals surface area contributed by atoms with E-state index < -0.39 is 5.82 Å². The van der Waals surface area contributed by atoms with E-state index in [4.69, 9.17) is 11.6 Å². The fraction of sp³-hybridized carbons (Fsp3) is 0.500. The quantitative estimate of drug-likeness (QED) is 0.853. The molecule has 2 atom stereocenters. The Morgan fingerprint density at radius 3 is 2.86 bits per heavy atom. The van der Waals surface area contributed by atoms with Crippen molar-refractivity contribution in [1.29, 1.82) is 0 Å². The van der Waals surface area contributed by atoms with Crippen LogP contribution in [0.2, 0.25) is 5.02 Å². The number of Topliss-reactive ketones (excluding diaryl/α,β-unsaturated/α-hetero) is 1. The summed E-state index contributed by atoms with van der Waals surface area (Å²) in [7, 11) is 0. The van der Waals surface area contributed by atoms with Crippen LogP contribution in [-0.4, -0.2) is 29.3 Å². The number of anilines is 1. The van der Waals surface area contributed by atoms with Crippen molar-refractivity contribution in [1.82, 2.24) is 4.90 Å². The maximum absolute atomic E-state index is 13.2. The molecule has 0 unspecified atom stereocenters. The molecule has 2 fully saturated rings. The van der Waals surface area contributed by atoms with Crippen LogP contribution < -0.4 is 5.32 Å². The molecule has 1 aliphatic carbocycles. The van der Waals surface area contributed by atoms with Gasteiger partial charge in [-0.05, 0) is 31.0 Å². The first-order chi connectivity index (χ1) is 10.6. The Balaban J connectivity index is 1.73. The average Bonchev–Trinajstić information content (AvgIpc) is 2.51. The van der Waals surface area contributed by atoms with Gasteiger partial charge in [-0.3, -0.25) is 4.79 Å². The molecule has 0 bridgehead atoms. The molecule has 0 spiro atoms. The Kier molecular flexibility index (Phi) is 4.34. The smallest absolute Gasteiger partial charge is 0.320 e. The number of rotatable bonds is 1. The molecule has 1 aliphatic heterocycles. The molecule has 118 valence electrons. The number of amides is 2. The lowest BCUT2D eigenvalue weighted by atomic mass is 9.77. The molecule has 2 aliphatic rings. The number of piperidine rings is 1. The third kappa shape index (κ3) is 2.95. The minimum Gasteiger partial charge on any atom is -0.320 e. The van der Waals surface area contributed by atoms with E-state index >= 15 is 0 Å². The number of benzene rings is 1. The van der Waals surface area contributed by atoms with E-state index in [1.807, 2.05) is 0 Å². The normalized spacial score (nSPS) is 24.8. The molecular formula is C16H18ClFN2O2. The van der Waals surface area contributed by atoms with Gasteiger partial charge >= 0.3 is 6.03 Å². The number of ketones is 1. The highest BCUT2D eigenvalue weighted by molar-refractivity contribution is 6.31.